The summed E-state index contributed by atoms with van der Waals surface area (Å²) in [6.07, 6.45) is 0. The van der Waals surface area contributed by atoms with Crippen LogP contribution in [-0.4, -0.2) is 32.0 Å². The minimum absolute atomic E-state index is 0. The Morgan fingerprint density at radius 2 is 2.05 bits per heavy atom. The molecule has 20 heavy (non-hydrogen) atoms. The van der Waals surface area contributed by atoms with E-state index in [2.05, 4.69) is 15.8 Å². The molecule has 1 aromatic carbocycles. The number of hydrogen-bond donors (Lipinski definition) is 1. The SMILES string of the molecule is CC.COc1cc(Cl)ccc1/C(C)=N\[N-]C1CNC1.[Y]. The molecule has 0 aromatic heterocycles. The molecule has 1 fully saturated rings. The van der Waals surface area contributed by atoms with Gasteiger partial charge in [0.05, 0.1) is 7.11 Å². The molecule has 0 bridgehead atoms. The van der Waals surface area contributed by atoms with E-state index in [0.717, 1.165) is 30.1 Å². The number of methoxy groups -OCH3 is 1. The third-order valence-corrected chi connectivity index (χ3v) is 2.92. The first kappa shape index (κ1) is 19.8. The Morgan fingerprint density at radius 3 is 2.55 bits per heavy atom. The zero-order valence-electron chi connectivity index (χ0n) is 12.5. The molecule has 1 heterocycles. The second-order valence-corrected chi connectivity index (χ2v) is 4.39. The van der Waals surface area contributed by atoms with Crippen molar-refractivity contribution < 1.29 is 37.4 Å². The van der Waals surface area contributed by atoms with Gasteiger partial charge in [-0.2, -0.15) is 0 Å². The van der Waals surface area contributed by atoms with E-state index in [1.54, 1.807) is 13.2 Å². The first-order valence-electron chi connectivity index (χ1n) is 6.49. The van der Waals surface area contributed by atoms with Crippen LogP contribution in [0.2, 0.25) is 5.02 Å². The van der Waals surface area contributed by atoms with E-state index in [-0.39, 0.29) is 32.7 Å². The van der Waals surface area contributed by atoms with E-state index in [9.17, 15) is 0 Å². The van der Waals surface area contributed by atoms with Crippen molar-refractivity contribution in [2.75, 3.05) is 20.2 Å². The van der Waals surface area contributed by atoms with Crippen molar-refractivity contribution in [3.05, 3.63) is 34.2 Å². The summed E-state index contributed by atoms with van der Waals surface area (Å²) in [5.41, 5.74) is 6.00. The predicted molar refractivity (Wildman–Crippen MR) is 81.6 cm³/mol. The number of nitrogens with one attached hydrogen (secondary N) is 1. The van der Waals surface area contributed by atoms with Gasteiger partial charge in [0.2, 0.25) is 0 Å². The van der Waals surface area contributed by atoms with Crippen LogP contribution in [0.4, 0.5) is 0 Å². The Bertz CT molecular complexity index is 436. The van der Waals surface area contributed by atoms with Gasteiger partial charge < -0.3 is 20.6 Å². The Balaban J connectivity index is 0.00000115. The van der Waals surface area contributed by atoms with Crippen molar-refractivity contribution in [2.24, 2.45) is 5.10 Å². The Hall–Kier alpha value is -0.156. The summed E-state index contributed by atoms with van der Waals surface area (Å²) in [7, 11) is 1.62. The molecule has 6 heteroatoms. The van der Waals surface area contributed by atoms with Crippen LogP contribution in [0.5, 0.6) is 5.75 Å². The molecule has 0 aliphatic carbocycles. The zero-order chi connectivity index (χ0) is 14.3. The summed E-state index contributed by atoms with van der Waals surface area (Å²) in [5, 5.41) is 8.03. The number of benzene rings is 1. The van der Waals surface area contributed by atoms with Gasteiger partial charge in [0.25, 0.3) is 0 Å². The number of ether oxygens (including phenoxy) is 1. The minimum Gasteiger partial charge on any atom is -0.597 e. The van der Waals surface area contributed by atoms with Gasteiger partial charge in [0.1, 0.15) is 5.75 Å². The van der Waals surface area contributed by atoms with Crippen molar-refractivity contribution in [1.29, 1.82) is 0 Å². The van der Waals surface area contributed by atoms with Crippen LogP contribution >= 0.6 is 11.6 Å². The third kappa shape index (κ3) is 5.68. The van der Waals surface area contributed by atoms with E-state index in [1.807, 2.05) is 32.9 Å². The average molecular weight is 372 g/mol. The summed E-state index contributed by atoms with van der Waals surface area (Å²) >= 11 is 5.91. The predicted octanol–water partition coefficient (Wildman–Crippen LogP) is 3.44. The summed E-state index contributed by atoms with van der Waals surface area (Å²) in [5.74, 6) is 0.723. The standard InChI is InChI=1S/C12H15ClN3O.C2H6.Y/c1-8(15-16-10-6-14-7-10)11-4-3-9(13)5-12(11)17-2;1-2;/h3-5,10,14H,6-7H2,1-2H3;1-2H3;/q-1;;/b15-8-;;. The molecule has 1 N–H and O–H groups in total. The number of hydrogen-bond acceptors (Lipinski definition) is 3. The number of halogens is 1. The second kappa shape index (κ2) is 10.6. The van der Waals surface area contributed by atoms with Crippen molar-refractivity contribution in [2.45, 2.75) is 26.8 Å². The monoisotopic (exact) mass is 371 g/mol. The topological polar surface area (TPSA) is 47.7 Å². The molecule has 1 radical (unpaired) electrons. The molecule has 1 aromatic rings. The minimum atomic E-state index is 0. The first-order chi connectivity index (χ1) is 9.20. The van der Waals surface area contributed by atoms with Crippen molar-refractivity contribution in [1.82, 2.24) is 5.32 Å². The molecule has 0 spiro atoms. The molecule has 109 valence electrons. The van der Waals surface area contributed by atoms with Gasteiger partial charge in [-0.25, -0.2) is 0 Å². The molecule has 0 amide bonds. The average Bonchev–Trinajstić information content (AvgIpc) is 2.38. The molecule has 1 aliphatic heterocycles. The van der Waals surface area contributed by atoms with Crippen LogP contribution in [0.15, 0.2) is 23.3 Å². The van der Waals surface area contributed by atoms with Crippen LogP contribution in [-0.2, 0) is 32.7 Å². The maximum absolute atomic E-state index is 5.91. The van der Waals surface area contributed by atoms with Crippen LogP contribution in [0.1, 0.15) is 26.3 Å². The molecular weight excluding hydrogens is 351 g/mol. The zero-order valence-corrected chi connectivity index (χ0v) is 16.1. The van der Waals surface area contributed by atoms with Crippen LogP contribution < -0.4 is 10.1 Å². The molecule has 0 saturated carbocycles. The molecule has 1 saturated heterocycles. The Kier molecular flexibility index (Phi) is 10.5. The maximum Gasteiger partial charge on any atom is 0.129 e. The van der Waals surface area contributed by atoms with Crippen LogP contribution in [0.3, 0.4) is 0 Å². The number of nitrogens with zero attached hydrogens (tertiary/aromatic N) is 2. The molecule has 4 nitrogen and oxygen atoms in total. The Labute approximate surface area is 151 Å². The van der Waals surface area contributed by atoms with Gasteiger partial charge in [-0.1, -0.05) is 31.5 Å². The van der Waals surface area contributed by atoms with Gasteiger partial charge in [0.15, 0.2) is 0 Å². The summed E-state index contributed by atoms with van der Waals surface area (Å²) in [6, 6.07) is 5.81. The van der Waals surface area contributed by atoms with Gasteiger partial charge in [-0.3, -0.25) is 0 Å². The van der Waals surface area contributed by atoms with Crippen LogP contribution in [0.25, 0.3) is 5.43 Å². The van der Waals surface area contributed by atoms with Gasteiger partial charge >= 0.3 is 0 Å². The van der Waals surface area contributed by atoms with E-state index in [0.29, 0.717) is 11.1 Å². The van der Waals surface area contributed by atoms with E-state index < -0.39 is 0 Å². The van der Waals surface area contributed by atoms with Crippen molar-refractivity contribution in [3.8, 4) is 5.75 Å². The normalized spacial score (nSPS) is 14.3. The van der Waals surface area contributed by atoms with E-state index >= 15 is 0 Å². The fourth-order valence-electron chi connectivity index (χ4n) is 1.54. The molecule has 0 unspecified atom stereocenters. The third-order valence-electron chi connectivity index (χ3n) is 2.68. The largest absolute Gasteiger partial charge is 0.597 e. The van der Waals surface area contributed by atoms with E-state index in [1.165, 1.54) is 0 Å². The molecule has 1 aliphatic rings. The first-order valence-corrected chi connectivity index (χ1v) is 6.87. The summed E-state index contributed by atoms with van der Waals surface area (Å²) < 4.78 is 5.28. The van der Waals surface area contributed by atoms with Crippen molar-refractivity contribution >= 4 is 17.3 Å². The van der Waals surface area contributed by atoms with Crippen LogP contribution in [0, 0.1) is 0 Å². The van der Waals surface area contributed by atoms with Gasteiger partial charge in [-0.05, 0) is 38.2 Å². The Morgan fingerprint density at radius 1 is 1.40 bits per heavy atom. The maximum atomic E-state index is 5.91. The van der Waals surface area contributed by atoms with Gasteiger partial charge in [-0.15, -0.1) is 0 Å². The quantitative estimate of drug-likeness (QED) is 0.651. The van der Waals surface area contributed by atoms with Gasteiger partial charge in [0, 0.05) is 49.0 Å². The fourth-order valence-corrected chi connectivity index (χ4v) is 1.70. The van der Waals surface area contributed by atoms with E-state index in [4.69, 9.17) is 16.3 Å². The molecule has 0 atom stereocenters. The number of rotatable bonds is 4. The fraction of sp³-hybridized carbons (Fsp3) is 0.500. The second-order valence-electron chi connectivity index (χ2n) is 3.96. The summed E-state index contributed by atoms with van der Waals surface area (Å²) in [4.78, 5) is 0. The smallest absolute Gasteiger partial charge is 0.129 e. The van der Waals surface area contributed by atoms with Crippen molar-refractivity contribution in [3.63, 3.8) is 0 Å². The summed E-state index contributed by atoms with van der Waals surface area (Å²) in [6.45, 7) is 7.74. The molecular formula is C14H21ClN3OY-. The molecule has 2 rings (SSSR count).